The summed E-state index contributed by atoms with van der Waals surface area (Å²) in [4.78, 5) is 16.7. The highest BCUT2D eigenvalue weighted by atomic mass is 16.6. The molecule has 2 rings (SSSR count). The monoisotopic (exact) mass is 417 g/mol. The van der Waals surface area contributed by atoms with Crippen molar-refractivity contribution in [3.05, 3.63) is 53.7 Å². The smallest absolute Gasteiger partial charge is 0.408 e. The van der Waals surface area contributed by atoms with Crippen molar-refractivity contribution in [2.75, 3.05) is 6.61 Å². The predicted molar refractivity (Wildman–Crippen MR) is 116 cm³/mol. The first kappa shape index (κ1) is 23.9. The molecule has 0 saturated heterocycles. The van der Waals surface area contributed by atoms with Crippen molar-refractivity contribution in [2.24, 2.45) is 5.41 Å². The number of nitrogens with one attached hydrogen (secondary N) is 2. The quantitative estimate of drug-likeness (QED) is 0.601. The van der Waals surface area contributed by atoms with Crippen molar-refractivity contribution in [3.8, 4) is 0 Å². The number of nitrogens with zero attached hydrogens (tertiary/aromatic N) is 1. The van der Waals surface area contributed by atoms with Gasteiger partial charge in [-0.1, -0.05) is 51.1 Å². The zero-order chi connectivity index (χ0) is 22.4. The lowest BCUT2D eigenvalue weighted by atomic mass is 9.87. The van der Waals surface area contributed by atoms with Crippen LogP contribution in [0.4, 0.5) is 4.79 Å². The molecule has 0 aliphatic rings. The lowest BCUT2D eigenvalue weighted by Crippen LogP contribution is -2.40. The van der Waals surface area contributed by atoms with Crippen LogP contribution in [0.25, 0.3) is 0 Å². The first-order valence-electron chi connectivity index (χ1n) is 10.3. The van der Waals surface area contributed by atoms with E-state index in [0.29, 0.717) is 24.6 Å². The Labute approximate surface area is 179 Å². The number of carbonyl (C=O) groups excluding carboxylic acids is 1. The summed E-state index contributed by atoms with van der Waals surface area (Å²) in [6, 6.07) is 9.46. The zero-order valence-corrected chi connectivity index (χ0v) is 18.9. The van der Waals surface area contributed by atoms with Crippen molar-refractivity contribution in [1.82, 2.24) is 15.6 Å². The van der Waals surface area contributed by atoms with Gasteiger partial charge in [0.2, 0.25) is 5.89 Å². The van der Waals surface area contributed by atoms with E-state index < -0.39 is 17.7 Å². The molecule has 1 aromatic heterocycles. The van der Waals surface area contributed by atoms with Crippen LogP contribution >= 0.6 is 0 Å². The Balaban J connectivity index is 2.01. The van der Waals surface area contributed by atoms with Gasteiger partial charge in [0.25, 0.3) is 0 Å². The maximum absolute atomic E-state index is 12.3. The lowest BCUT2D eigenvalue weighted by Gasteiger charge is -2.30. The third kappa shape index (κ3) is 7.80. The number of aliphatic hydroxyl groups excluding tert-OH is 1. The highest BCUT2D eigenvalue weighted by molar-refractivity contribution is 5.68. The van der Waals surface area contributed by atoms with Gasteiger partial charge in [0.15, 0.2) is 0 Å². The number of hydrogen-bond acceptors (Lipinski definition) is 6. The first-order valence-corrected chi connectivity index (χ1v) is 10.3. The van der Waals surface area contributed by atoms with E-state index in [0.717, 1.165) is 5.56 Å². The summed E-state index contributed by atoms with van der Waals surface area (Å²) >= 11 is 0. The van der Waals surface area contributed by atoms with Crippen molar-refractivity contribution in [2.45, 2.75) is 72.2 Å². The minimum atomic E-state index is -0.587. The molecule has 0 saturated carbocycles. The molecule has 0 fully saturated rings. The largest absolute Gasteiger partial charge is 0.444 e. The van der Waals surface area contributed by atoms with E-state index >= 15 is 0 Å². The predicted octanol–water partition coefficient (Wildman–Crippen LogP) is 3.98. The maximum atomic E-state index is 12.3. The first-order chi connectivity index (χ1) is 14.0. The maximum Gasteiger partial charge on any atom is 0.408 e. The molecule has 166 valence electrons. The lowest BCUT2D eigenvalue weighted by molar-refractivity contribution is 0.0445. The third-order valence-corrected chi connectivity index (χ3v) is 4.46. The molecular formula is C23H35N3O4. The molecule has 3 N–H and O–H groups in total. The Morgan fingerprint density at radius 3 is 2.40 bits per heavy atom. The molecule has 1 aromatic carbocycles. The molecule has 30 heavy (non-hydrogen) atoms. The van der Waals surface area contributed by atoms with Crippen molar-refractivity contribution in [1.29, 1.82) is 0 Å². The molecule has 1 heterocycles. The van der Waals surface area contributed by atoms with Crippen LogP contribution in [0, 0.1) is 5.41 Å². The van der Waals surface area contributed by atoms with Crippen LogP contribution in [-0.4, -0.2) is 34.4 Å². The van der Waals surface area contributed by atoms with Crippen molar-refractivity contribution >= 4 is 6.09 Å². The Morgan fingerprint density at radius 2 is 1.83 bits per heavy atom. The summed E-state index contributed by atoms with van der Waals surface area (Å²) in [5.74, 6) is 1.06. The topological polar surface area (TPSA) is 96.6 Å². The molecule has 2 atom stereocenters. The van der Waals surface area contributed by atoms with Gasteiger partial charge in [0, 0.05) is 6.04 Å². The summed E-state index contributed by atoms with van der Waals surface area (Å²) in [7, 11) is 0. The van der Waals surface area contributed by atoms with Crippen LogP contribution in [0.15, 0.2) is 40.9 Å². The Kier molecular flexibility index (Phi) is 8.03. The summed E-state index contributed by atoms with van der Waals surface area (Å²) in [5.41, 5.74) is 0.237. The van der Waals surface area contributed by atoms with E-state index in [4.69, 9.17) is 9.15 Å². The van der Waals surface area contributed by atoms with Gasteiger partial charge in [0.05, 0.1) is 19.3 Å². The van der Waals surface area contributed by atoms with Gasteiger partial charge in [0.1, 0.15) is 17.4 Å². The number of rotatable bonds is 8. The number of alkyl carbamates (subject to hydrolysis) is 1. The second-order valence-electron chi connectivity index (χ2n) is 9.56. The molecular weight excluding hydrogens is 382 g/mol. The van der Waals surface area contributed by atoms with Crippen LogP contribution in [0.2, 0.25) is 0 Å². The van der Waals surface area contributed by atoms with Crippen LogP contribution in [0.5, 0.6) is 0 Å². The van der Waals surface area contributed by atoms with Gasteiger partial charge < -0.3 is 24.9 Å². The second kappa shape index (κ2) is 10.1. The minimum absolute atomic E-state index is 0.0146. The fourth-order valence-corrected chi connectivity index (χ4v) is 2.96. The number of amides is 1. The normalized spacial score (nSPS) is 14.2. The number of aromatic nitrogens is 1. The fourth-order valence-electron chi connectivity index (χ4n) is 2.96. The number of aliphatic hydroxyl groups is 1. The van der Waals surface area contributed by atoms with Gasteiger partial charge >= 0.3 is 6.09 Å². The Morgan fingerprint density at radius 1 is 1.17 bits per heavy atom. The molecule has 7 nitrogen and oxygen atoms in total. The number of benzene rings is 1. The van der Waals surface area contributed by atoms with E-state index in [1.807, 2.05) is 71.9 Å². The Hall–Kier alpha value is -2.38. The second-order valence-corrected chi connectivity index (χ2v) is 9.56. The molecule has 0 spiro atoms. The molecule has 0 aliphatic carbocycles. The molecule has 1 amide bonds. The van der Waals surface area contributed by atoms with Gasteiger partial charge in [-0.25, -0.2) is 9.78 Å². The van der Waals surface area contributed by atoms with Crippen LogP contribution in [0.3, 0.4) is 0 Å². The molecule has 7 heteroatoms. The summed E-state index contributed by atoms with van der Waals surface area (Å²) < 4.78 is 11.3. The number of hydrogen-bond donors (Lipinski definition) is 3. The van der Waals surface area contributed by atoms with E-state index in [1.165, 1.54) is 0 Å². The number of ether oxygens (including phenoxy) is 1. The van der Waals surface area contributed by atoms with Crippen molar-refractivity contribution < 1.29 is 19.1 Å². The molecule has 0 aliphatic heterocycles. The zero-order valence-electron chi connectivity index (χ0n) is 18.9. The van der Waals surface area contributed by atoms with E-state index in [-0.39, 0.29) is 18.1 Å². The van der Waals surface area contributed by atoms with Crippen LogP contribution in [0.1, 0.15) is 64.8 Å². The number of carbonyl (C=O) groups is 1. The standard InChI is InChI=1S/C23H35N3O4/c1-22(2,3)19(26-21(28)30-23(4,5)6)20-25-14-18(29-20)13-24-17(15-27)12-16-10-8-7-9-11-16/h7-11,14,17,19,24,27H,12-13,15H2,1-6H3,(H,26,28)/t17-,19-/m1/s1. The average molecular weight is 418 g/mol. The highest BCUT2D eigenvalue weighted by Gasteiger charge is 2.33. The van der Waals surface area contributed by atoms with Gasteiger partial charge in [-0.15, -0.1) is 0 Å². The van der Waals surface area contributed by atoms with Crippen LogP contribution < -0.4 is 10.6 Å². The molecule has 0 bridgehead atoms. The summed E-state index contributed by atoms with van der Waals surface area (Å²) in [6.45, 7) is 11.9. The Bertz CT molecular complexity index is 791. The average Bonchev–Trinajstić information content (AvgIpc) is 3.10. The van der Waals surface area contributed by atoms with Gasteiger partial charge in [-0.2, -0.15) is 0 Å². The summed E-state index contributed by atoms with van der Waals surface area (Å²) in [5, 5.41) is 15.9. The number of oxazole rings is 1. The van der Waals surface area contributed by atoms with E-state index in [1.54, 1.807) is 6.20 Å². The van der Waals surface area contributed by atoms with Crippen LogP contribution in [-0.2, 0) is 17.7 Å². The fraction of sp³-hybridized carbons (Fsp3) is 0.565. The van der Waals surface area contributed by atoms with Gasteiger partial charge in [-0.3, -0.25) is 0 Å². The van der Waals surface area contributed by atoms with E-state index in [2.05, 4.69) is 15.6 Å². The van der Waals surface area contributed by atoms with Gasteiger partial charge in [-0.05, 0) is 38.2 Å². The summed E-state index contributed by atoms with van der Waals surface area (Å²) in [6.07, 6.45) is 1.85. The molecule has 2 aromatic rings. The highest BCUT2D eigenvalue weighted by Crippen LogP contribution is 2.32. The van der Waals surface area contributed by atoms with Crippen molar-refractivity contribution in [3.63, 3.8) is 0 Å². The van der Waals surface area contributed by atoms with E-state index in [9.17, 15) is 9.90 Å². The third-order valence-electron chi connectivity index (χ3n) is 4.46. The minimum Gasteiger partial charge on any atom is -0.444 e. The SMILES string of the molecule is CC(C)(C)OC(=O)N[C@H](c1ncc(CN[C@@H](CO)Cc2ccccc2)o1)C(C)(C)C. The molecule has 0 unspecified atom stereocenters. The molecule has 0 radical (unpaired) electrons.